The molecule has 0 aliphatic carbocycles. The number of benzene rings is 1. The van der Waals surface area contributed by atoms with Crippen molar-refractivity contribution in [3.05, 3.63) is 29.3 Å². The minimum atomic E-state index is -3.57. The van der Waals surface area contributed by atoms with E-state index in [-0.39, 0.29) is 6.54 Å². The number of hydrogen-bond donors (Lipinski definition) is 0. The molecule has 124 valence electrons. The summed E-state index contributed by atoms with van der Waals surface area (Å²) in [5, 5.41) is 0. The summed E-state index contributed by atoms with van der Waals surface area (Å²) in [6.07, 6.45) is 1.03. The molecule has 3 rings (SSSR count). The van der Waals surface area contributed by atoms with Gasteiger partial charge >= 0.3 is 7.12 Å². The summed E-state index contributed by atoms with van der Waals surface area (Å²) in [6, 6.07) is 5.19. The van der Waals surface area contributed by atoms with Gasteiger partial charge in [0.25, 0.3) is 5.91 Å². The van der Waals surface area contributed by atoms with Gasteiger partial charge in [-0.1, -0.05) is 12.1 Å². The van der Waals surface area contributed by atoms with Crippen molar-refractivity contribution < 1.29 is 22.5 Å². The molecule has 0 aromatic heterocycles. The van der Waals surface area contributed by atoms with Crippen molar-refractivity contribution in [3.63, 3.8) is 0 Å². The highest BCUT2D eigenvalue weighted by Gasteiger charge is 2.52. The van der Waals surface area contributed by atoms with Crippen LogP contribution in [0, 0.1) is 0 Å². The fraction of sp³-hybridized carbons (Fsp3) is 0.533. The summed E-state index contributed by atoms with van der Waals surface area (Å²) in [5.41, 5.74) is 0.963. The van der Waals surface area contributed by atoms with Gasteiger partial charge in [-0.05, 0) is 44.8 Å². The number of sulfonamides is 1. The van der Waals surface area contributed by atoms with Crippen LogP contribution in [0.1, 0.15) is 43.6 Å². The summed E-state index contributed by atoms with van der Waals surface area (Å²) in [4.78, 5) is 12.2. The minimum Gasteiger partial charge on any atom is -0.399 e. The van der Waals surface area contributed by atoms with Crippen LogP contribution in [0.25, 0.3) is 0 Å². The molecule has 0 unspecified atom stereocenters. The zero-order valence-electron chi connectivity index (χ0n) is 13.9. The van der Waals surface area contributed by atoms with Gasteiger partial charge < -0.3 is 9.31 Å². The standard InChI is InChI=1S/C15H20BNO5S/c1-14(2)15(3,4)22-16(21-14)11-6-7-12-10(8-11)9-17(13(12)18)23(5,19)20/h6-8H,9H2,1-5H3. The minimum absolute atomic E-state index is 0.0559. The first-order valence-electron chi connectivity index (χ1n) is 7.43. The Morgan fingerprint density at radius 2 is 1.70 bits per heavy atom. The summed E-state index contributed by atoms with van der Waals surface area (Å²) in [5.74, 6) is -0.483. The molecule has 6 nitrogen and oxygen atoms in total. The third-order valence-electron chi connectivity index (χ3n) is 4.83. The number of amides is 1. The Balaban J connectivity index is 1.92. The molecule has 8 heteroatoms. The Hall–Kier alpha value is -1.38. The van der Waals surface area contributed by atoms with Crippen LogP contribution in [-0.4, -0.2) is 43.2 Å². The lowest BCUT2D eigenvalue weighted by molar-refractivity contribution is 0.00578. The van der Waals surface area contributed by atoms with Gasteiger partial charge in [0, 0.05) is 5.56 Å². The first-order valence-corrected chi connectivity index (χ1v) is 9.28. The van der Waals surface area contributed by atoms with Crippen molar-refractivity contribution in [3.8, 4) is 0 Å². The van der Waals surface area contributed by atoms with Gasteiger partial charge in [-0.15, -0.1) is 0 Å². The van der Waals surface area contributed by atoms with Crippen LogP contribution in [0.3, 0.4) is 0 Å². The number of carbonyl (C=O) groups is 1. The van der Waals surface area contributed by atoms with E-state index in [0.29, 0.717) is 11.1 Å². The van der Waals surface area contributed by atoms with Gasteiger partial charge in [0.05, 0.1) is 24.0 Å². The number of nitrogens with zero attached hydrogens (tertiary/aromatic N) is 1. The van der Waals surface area contributed by atoms with Gasteiger partial charge in [-0.3, -0.25) is 4.79 Å². The Labute approximate surface area is 137 Å². The molecule has 1 saturated heterocycles. The van der Waals surface area contributed by atoms with E-state index < -0.39 is 34.3 Å². The van der Waals surface area contributed by atoms with E-state index >= 15 is 0 Å². The molecule has 0 saturated carbocycles. The van der Waals surface area contributed by atoms with Crippen LogP contribution in [-0.2, 0) is 25.9 Å². The van der Waals surface area contributed by atoms with Gasteiger partial charge in [-0.2, -0.15) is 0 Å². The Bertz CT molecular complexity index is 771. The predicted octanol–water partition coefficient (Wildman–Crippen LogP) is 0.901. The SMILES string of the molecule is CC1(C)OB(c2ccc3c(c2)CN(S(C)(=O)=O)C3=O)OC1(C)C. The first-order chi connectivity index (χ1) is 10.4. The van der Waals surface area contributed by atoms with E-state index in [1.54, 1.807) is 18.2 Å². The van der Waals surface area contributed by atoms with Crippen LogP contribution in [0.15, 0.2) is 18.2 Å². The molecular formula is C15H20BNO5S. The van der Waals surface area contributed by atoms with Crippen LogP contribution < -0.4 is 5.46 Å². The van der Waals surface area contributed by atoms with E-state index in [1.807, 2.05) is 27.7 Å². The van der Waals surface area contributed by atoms with Crippen LogP contribution in [0.5, 0.6) is 0 Å². The normalized spacial score (nSPS) is 22.6. The van der Waals surface area contributed by atoms with E-state index in [1.165, 1.54) is 0 Å². The molecule has 23 heavy (non-hydrogen) atoms. The highest BCUT2D eigenvalue weighted by atomic mass is 32.2. The van der Waals surface area contributed by atoms with E-state index in [0.717, 1.165) is 16.0 Å². The highest BCUT2D eigenvalue weighted by molar-refractivity contribution is 7.88. The Kier molecular flexibility index (Phi) is 3.45. The second-order valence-electron chi connectivity index (χ2n) is 7.08. The fourth-order valence-corrected chi connectivity index (χ4v) is 3.48. The molecule has 0 radical (unpaired) electrons. The molecule has 1 aromatic carbocycles. The fourth-order valence-electron chi connectivity index (χ4n) is 2.71. The van der Waals surface area contributed by atoms with Crippen molar-refractivity contribution in [1.82, 2.24) is 4.31 Å². The number of carbonyl (C=O) groups excluding carboxylic acids is 1. The smallest absolute Gasteiger partial charge is 0.399 e. The predicted molar refractivity (Wildman–Crippen MR) is 86.9 cm³/mol. The van der Waals surface area contributed by atoms with E-state index in [4.69, 9.17) is 9.31 Å². The lowest BCUT2D eigenvalue weighted by atomic mass is 9.78. The van der Waals surface area contributed by atoms with Crippen LogP contribution in [0.4, 0.5) is 0 Å². The van der Waals surface area contributed by atoms with Crippen molar-refractivity contribution in [2.75, 3.05) is 6.26 Å². The average molecular weight is 337 g/mol. The molecule has 2 heterocycles. The molecule has 2 aliphatic rings. The van der Waals surface area contributed by atoms with Crippen LogP contribution >= 0.6 is 0 Å². The van der Waals surface area contributed by atoms with Crippen LogP contribution in [0.2, 0.25) is 0 Å². The molecule has 2 aliphatic heterocycles. The molecule has 0 N–H and O–H groups in total. The zero-order valence-corrected chi connectivity index (χ0v) is 14.7. The van der Waals surface area contributed by atoms with Gasteiger partial charge in [-0.25, -0.2) is 12.7 Å². The first kappa shape index (κ1) is 16.5. The lowest BCUT2D eigenvalue weighted by Gasteiger charge is -2.32. The summed E-state index contributed by atoms with van der Waals surface area (Å²) < 4.78 is 36.2. The molecule has 1 fully saturated rings. The average Bonchev–Trinajstić information content (AvgIpc) is 2.84. The second-order valence-corrected chi connectivity index (χ2v) is 8.99. The summed E-state index contributed by atoms with van der Waals surface area (Å²) in [7, 11) is -4.10. The third-order valence-corrected chi connectivity index (χ3v) is 5.92. The molecule has 0 spiro atoms. The Morgan fingerprint density at radius 1 is 1.13 bits per heavy atom. The molecule has 1 aromatic rings. The maximum absolute atomic E-state index is 12.2. The Morgan fingerprint density at radius 3 is 2.22 bits per heavy atom. The molecule has 0 atom stereocenters. The topological polar surface area (TPSA) is 72.9 Å². The largest absolute Gasteiger partial charge is 0.494 e. The van der Waals surface area contributed by atoms with Gasteiger partial charge in [0.15, 0.2) is 0 Å². The van der Waals surface area contributed by atoms with Crippen molar-refractivity contribution in [2.45, 2.75) is 45.4 Å². The molecule has 1 amide bonds. The van der Waals surface area contributed by atoms with Crippen molar-refractivity contribution >= 4 is 28.5 Å². The summed E-state index contributed by atoms with van der Waals surface area (Å²) in [6.45, 7) is 7.93. The van der Waals surface area contributed by atoms with Gasteiger partial charge in [0.2, 0.25) is 10.0 Å². The molecular weight excluding hydrogens is 317 g/mol. The molecule has 0 bridgehead atoms. The summed E-state index contributed by atoms with van der Waals surface area (Å²) >= 11 is 0. The third kappa shape index (κ3) is 2.58. The second kappa shape index (κ2) is 4.81. The number of rotatable bonds is 2. The highest BCUT2D eigenvalue weighted by Crippen LogP contribution is 2.36. The van der Waals surface area contributed by atoms with E-state index in [9.17, 15) is 13.2 Å². The maximum Gasteiger partial charge on any atom is 0.494 e. The van der Waals surface area contributed by atoms with E-state index in [2.05, 4.69) is 0 Å². The van der Waals surface area contributed by atoms with Crippen molar-refractivity contribution in [1.29, 1.82) is 0 Å². The lowest BCUT2D eigenvalue weighted by Crippen LogP contribution is -2.41. The van der Waals surface area contributed by atoms with Gasteiger partial charge in [0.1, 0.15) is 0 Å². The number of hydrogen-bond acceptors (Lipinski definition) is 5. The zero-order chi connectivity index (χ0) is 17.2. The quantitative estimate of drug-likeness (QED) is 0.750. The van der Waals surface area contributed by atoms with Crippen molar-refractivity contribution in [2.24, 2.45) is 0 Å². The maximum atomic E-state index is 12.2. The monoisotopic (exact) mass is 337 g/mol. The number of fused-ring (bicyclic) bond motifs is 1.